The van der Waals surface area contributed by atoms with Gasteiger partial charge in [0.05, 0.1) is 0 Å². The molecule has 42 valence electrons. The molecule has 0 amide bonds. The van der Waals surface area contributed by atoms with E-state index < -0.39 is 0 Å². The zero-order chi connectivity index (χ0) is 4.41. The SMILES string of the molecule is [Cl-].[Cl-].[Zr+3][CH]1C=CC=C1. The van der Waals surface area contributed by atoms with E-state index in [-0.39, 0.29) is 24.8 Å². The first kappa shape index (κ1) is 11.7. The van der Waals surface area contributed by atoms with Gasteiger partial charge in [0.25, 0.3) is 0 Å². The summed E-state index contributed by atoms with van der Waals surface area (Å²) in [5.74, 6) is 0. The van der Waals surface area contributed by atoms with Crippen molar-refractivity contribution in [1.29, 1.82) is 0 Å². The molecule has 1 aliphatic rings. The molecule has 0 unspecified atom stereocenters. The third-order valence-electron chi connectivity index (χ3n) is 0.748. The van der Waals surface area contributed by atoms with Crippen molar-refractivity contribution in [2.45, 2.75) is 3.63 Å². The average Bonchev–Trinajstić information content (AvgIpc) is 1.86. The van der Waals surface area contributed by atoms with E-state index in [2.05, 4.69) is 24.3 Å². The van der Waals surface area contributed by atoms with E-state index in [0.29, 0.717) is 0 Å². The van der Waals surface area contributed by atoms with E-state index in [0.717, 1.165) is 3.63 Å². The Labute approximate surface area is 77.1 Å². The summed E-state index contributed by atoms with van der Waals surface area (Å²) in [5, 5.41) is 0. The third kappa shape index (κ3) is 3.89. The number of allylic oxidation sites excluding steroid dienone is 4. The van der Waals surface area contributed by atoms with E-state index >= 15 is 0 Å². The fourth-order valence-electron chi connectivity index (χ4n) is 0.432. The molecule has 0 spiro atoms. The van der Waals surface area contributed by atoms with Crippen LogP contribution in [-0.2, 0) is 24.7 Å². The van der Waals surface area contributed by atoms with Crippen molar-refractivity contribution < 1.29 is 49.5 Å². The van der Waals surface area contributed by atoms with Gasteiger partial charge in [-0.2, -0.15) is 0 Å². The first-order valence-electron chi connectivity index (χ1n) is 1.96. The second-order valence-electron chi connectivity index (χ2n) is 1.30. The molecule has 3 heteroatoms. The molecule has 0 aromatic rings. The molecule has 0 aromatic carbocycles. The normalized spacial score (nSPS) is 15.2. The van der Waals surface area contributed by atoms with Gasteiger partial charge in [-0.25, -0.2) is 0 Å². The second kappa shape index (κ2) is 6.07. The van der Waals surface area contributed by atoms with Crippen LogP contribution in [-0.4, -0.2) is 0 Å². The molecule has 0 heterocycles. The zero-order valence-corrected chi connectivity index (χ0v) is 8.11. The second-order valence-corrected chi connectivity index (χ2v) is 2.93. The summed E-state index contributed by atoms with van der Waals surface area (Å²) < 4.78 is 0.775. The summed E-state index contributed by atoms with van der Waals surface area (Å²) >= 11 is 1.59. The van der Waals surface area contributed by atoms with Crippen LogP contribution < -0.4 is 24.8 Å². The van der Waals surface area contributed by atoms with Crippen molar-refractivity contribution in [3.8, 4) is 0 Å². The van der Waals surface area contributed by atoms with Crippen molar-refractivity contribution in [2.75, 3.05) is 0 Å². The molecular weight excluding hydrogens is 222 g/mol. The van der Waals surface area contributed by atoms with Gasteiger partial charge in [-0.1, -0.05) is 0 Å². The fourth-order valence-corrected chi connectivity index (χ4v) is 0.978. The van der Waals surface area contributed by atoms with Gasteiger partial charge in [-0.15, -0.1) is 0 Å². The van der Waals surface area contributed by atoms with E-state index in [1.54, 1.807) is 24.7 Å². The Balaban J connectivity index is 0. The van der Waals surface area contributed by atoms with Gasteiger partial charge in [0.15, 0.2) is 0 Å². The maximum absolute atomic E-state index is 2.21. The maximum atomic E-state index is 2.21. The zero-order valence-electron chi connectivity index (χ0n) is 4.14. The number of hydrogen-bond donors (Lipinski definition) is 0. The molecule has 0 atom stereocenters. The summed E-state index contributed by atoms with van der Waals surface area (Å²) in [6.45, 7) is 0. The van der Waals surface area contributed by atoms with Crippen molar-refractivity contribution in [3.05, 3.63) is 24.3 Å². The van der Waals surface area contributed by atoms with Crippen LogP contribution in [0.4, 0.5) is 0 Å². The molecule has 1 rings (SSSR count). The summed E-state index contributed by atoms with van der Waals surface area (Å²) in [6, 6.07) is 0. The topological polar surface area (TPSA) is 0 Å². The minimum absolute atomic E-state index is 0. The predicted octanol–water partition coefficient (Wildman–Crippen LogP) is -4.54. The van der Waals surface area contributed by atoms with Gasteiger partial charge in [-0.3, -0.25) is 0 Å². The summed E-state index contributed by atoms with van der Waals surface area (Å²) in [4.78, 5) is 0. The van der Waals surface area contributed by atoms with E-state index in [4.69, 9.17) is 0 Å². The van der Waals surface area contributed by atoms with Crippen LogP contribution in [0.1, 0.15) is 0 Å². The van der Waals surface area contributed by atoms with Crippen LogP contribution in [0, 0.1) is 0 Å². The molecule has 0 aromatic heterocycles. The predicted molar refractivity (Wildman–Crippen MR) is 22.0 cm³/mol. The Bertz CT molecular complexity index is 86.6. The van der Waals surface area contributed by atoms with Crippen LogP contribution in [0.5, 0.6) is 0 Å². The number of hydrogen-bond acceptors (Lipinski definition) is 0. The van der Waals surface area contributed by atoms with Gasteiger partial charge >= 0.3 is 52.6 Å². The fraction of sp³-hybridized carbons (Fsp3) is 0.200. The molecule has 0 saturated carbocycles. The molecule has 0 nitrogen and oxygen atoms in total. The molecular formula is C5H5Cl2Zr+. The van der Waals surface area contributed by atoms with Gasteiger partial charge in [0.2, 0.25) is 0 Å². The summed E-state index contributed by atoms with van der Waals surface area (Å²) in [5.41, 5.74) is 0. The Hall–Kier alpha value is 0.943. The van der Waals surface area contributed by atoms with Gasteiger partial charge in [0, 0.05) is 0 Å². The standard InChI is InChI=1S/C5H5.2ClH.Zr/c1-2-4-5-3-1;;;/h1-5H;2*1H;/q;;;+3/p-2. The van der Waals surface area contributed by atoms with Crippen LogP contribution in [0.15, 0.2) is 24.3 Å². The quantitative estimate of drug-likeness (QED) is 0.391. The van der Waals surface area contributed by atoms with Gasteiger partial charge in [0.1, 0.15) is 0 Å². The van der Waals surface area contributed by atoms with E-state index in [1.807, 2.05) is 0 Å². The van der Waals surface area contributed by atoms with E-state index in [1.165, 1.54) is 0 Å². The molecule has 0 radical (unpaired) electrons. The third-order valence-corrected chi connectivity index (χ3v) is 1.69. The Kier molecular flexibility index (Phi) is 8.88. The monoisotopic (exact) mass is 225 g/mol. The Morgan fingerprint density at radius 2 is 1.38 bits per heavy atom. The van der Waals surface area contributed by atoms with Crippen LogP contribution in [0.25, 0.3) is 0 Å². The van der Waals surface area contributed by atoms with Crippen LogP contribution in [0.3, 0.4) is 0 Å². The van der Waals surface area contributed by atoms with Crippen molar-refractivity contribution in [1.82, 2.24) is 0 Å². The summed E-state index contributed by atoms with van der Waals surface area (Å²) in [6.07, 6.45) is 8.61. The van der Waals surface area contributed by atoms with Crippen molar-refractivity contribution in [2.24, 2.45) is 0 Å². The van der Waals surface area contributed by atoms with Crippen LogP contribution >= 0.6 is 0 Å². The minimum atomic E-state index is 0. The van der Waals surface area contributed by atoms with Crippen molar-refractivity contribution >= 4 is 0 Å². The van der Waals surface area contributed by atoms with Crippen molar-refractivity contribution in [3.63, 3.8) is 0 Å². The molecule has 8 heavy (non-hydrogen) atoms. The molecule has 0 fully saturated rings. The molecule has 0 bridgehead atoms. The van der Waals surface area contributed by atoms with Gasteiger partial charge < -0.3 is 24.8 Å². The first-order valence-corrected chi connectivity index (χ1v) is 3.37. The summed E-state index contributed by atoms with van der Waals surface area (Å²) in [7, 11) is 0. The van der Waals surface area contributed by atoms with Gasteiger partial charge in [-0.05, 0) is 0 Å². The molecule has 0 saturated heterocycles. The number of rotatable bonds is 0. The molecule has 0 aliphatic heterocycles. The Morgan fingerprint density at radius 3 is 1.50 bits per heavy atom. The van der Waals surface area contributed by atoms with Crippen LogP contribution in [0.2, 0.25) is 3.63 Å². The Morgan fingerprint density at radius 1 is 1.00 bits per heavy atom. The molecule has 0 N–H and O–H groups in total. The first-order chi connectivity index (χ1) is 2.89. The average molecular weight is 227 g/mol. The number of halogens is 2. The van der Waals surface area contributed by atoms with E-state index in [9.17, 15) is 0 Å². The molecule has 1 aliphatic carbocycles.